The minimum Gasteiger partial charge on any atom is -0.374 e. The second kappa shape index (κ2) is 14.4. The summed E-state index contributed by atoms with van der Waals surface area (Å²) in [6.45, 7) is -0.143. The van der Waals surface area contributed by atoms with Gasteiger partial charge in [0, 0.05) is 7.11 Å². The van der Waals surface area contributed by atoms with Crippen LogP contribution in [0.3, 0.4) is 0 Å². The number of ether oxygens (including phenoxy) is 5. The van der Waals surface area contributed by atoms with E-state index >= 15 is 0 Å². The molecule has 4 rings (SSSR count). The van der Waals surface area contributed by atoms with Crippen LogP contribution < -0.4 is 0 Å². The van der Waals surface area contributed by atoms with Crippen molar-refractivity contribution in [3.8, 4) is 0 Å². The molecule has 3 aromatic rings. The maximum Gasteiger partial charge on any atom is 0.523 e. The highest BCUT2D eigenvalue weighted by Gasteiger charge is 2.56. The minimum absolute atomic E-state index is 0.0704. The Bertz CT molecular complexity index is 1290. The Hall–Kier alpha value is -2.84. The third kappa shape index (κ3) is 8.58. The van der Waals surface area contributed by atoms with E-state index in [4.69, 9.17) is 27.9 Å². The molecular formula is C29H31F3O8S. The standard InChI is InChI=1S/C29H31F3O8S/c1-35-28-27(38-19-23-15-9-4-10-16-23)26(40-41(33,34)29(30,31)32)25(37-18-22-13-7-3-8-14-22)24(39-28)20-36-17-21-11-5-2-6-12-21/h2-16,24-28H,17-20H2,1H3/t24-,25+,26+,27-,28+/m1/s1. The molecule has 8 nitrogen and oxygen atoms in total. The van der Waals surface area contributed by atoms with E-state index in [0.717, 1.165) is 5.56 Å². The molecule has 0 amide bonds. The Labute approximate surface area is 237 Å². The summed E-state index contributed by atoms with van der Waals surface area (Å²) in [4.78, 5) is 0. The van der Waals surface area contributed by atoms with Crippen molar-refractivity contribution < 1.29 is 49.5 Å². The van der Waals surface area contributed by atoms with Crippen molar-refractivity contribution in [3.63, 3.8) is 0 Å². The predicted molar refractivity (Wildman–Crippen MR) is 142 cm³/mol. The van der Waals surface area contributed by atoms with Gasteiger partial charge in [0.05, 0.1) is 26.4 Å². The molecule has 3 aromatic carbocycles. The van der Waals surface area contributed by atoms with Crippen LogP contribution in [-0.4, -0.2) is 58.3 Å². The number of methoxy groups -OCH3 is 1. The molecular weight excluding hydrogens is 565 g/mol. The summed E-state index contributed by atoms with van der Waals surface area (Å²) in [6.07, 6.45) is -6.93. The number of hydrogen-bond acceptors (Lipinski definition) is 8. The first kappa shape index (κ1) is 31.1. The molecule has 1 heterocycles. The van der Waals surface area contributed by atoms with E-state index in [2.05, 4.69) is 0 Å². The molecule has 0 bridgehead atoms. The first-order chi connectivity index (χ1) is 19.7. The molecule has 0 unspecified atom stereocenters. The highest BCUT2D eigenvalue weighted by Crippen LogP contribution is 2.35. The molecule has 0 aliphatic carbocycles. The number of benzene rings is 3. The lowest BCUT2D eigenvalue weighted by molar-refractivity contribution is -0.311. The molecule has 0 N–H and O–H groups in total. The number of alkyl halides is 3. The summed E-state index contributed by atoms with van der Waals surface area (Å²) in [6, 6.07) is 26.9. The van der Waals surface area contributed by atoms with Gasteiger partial charge >= 0.3 is 15.6 Å². The fourth-order valence-electron chi connectivity index (χ4n) is 4.29. The highest BCUT2D eigenvalue weighted by molar-refractivity contribution is 7.87. The summed E-state index contributed by atoms with van der Waals surface area (Å²) in [5, 5.41) is 0. The van der Waals surface area contributed by atoms with Crippen LogP contribution in [0.5, 0.6) is 0 Å². The van der Waals surface area contributed by atoms with Gasteiger partial charge in [-0.15, -0.1) is 0 Å². The van der Waals surface area contributed by atoms with Crippen molar-refractivity contribution in [2.45, 2.75) is 56.0 Å². The summed E-state index contributed by atoms with van der Waals surface area (Å²) in [5.41, 5.74) is -3.44. The van der Waals surface area contributed by atoms with Gasteiger partial charge in [-0.25, -0.2) is 0 Å². The van der Waals surface area contributed by atoms with Gasteiger partial charge in [-0.05, 0) is 16.7 Å². The Balaban J connectivity index is 1.64. The predicted octanol–water partition coefficient (Wildman–Crippen LogP) is 4.98. The van der Waals surface area contributed by atoms with Crippen LogP contribution in [0.2, 0.25) is 0 Å². The fourth-order valence-corrected chi connectivity index (χ4v) is 4.91. The SMILES string of the molecule is CO[C@H]1O[C@H](COCc2ccccc2)[C@H](OCc2ccccc2)[C@H](OS(=O)(=O)C(F)(F)F)[C@H]1OCc1ccccc1. The molecule has 41 heavy (non-hydrogen) atoms. The van der Waals surface area contributed by atoms with Gasteiger partial charge in [-0.3, -0.25) is 4.18 Å². The molecule has 0 saturated carbocycles. The lowest BCUT2D eigenvalue weighted by Gasteiger charge is -2.45. The van der Waals surface area contributed by atoms with E-state index in [0.29, 0.717) is 11.1 Å². The third-order valence-corrected chi connectivity index (χ3v) is 7.35. The molecule has 1 aliphatic heterocycles. The molecule has 0 radical (unpaired) electrons. The maximum absolute atomic E-state index is 13.5. The summed E-state index contributed by atoms with van der Waals surface area (Å²) in [7, 11) is -4.79. The van der Waals surface area contributed by atoms with Crippen molar-refractivity contribution in [1.29, 1.82) is 0 Å². The number of hydrogen-bond donors (Lipinski definition) is 0. The second-order valence-electron chi connectivity index (χ2n) is 9.26. The maximum atomic E-state index is 13.5. The van der Waals surface area contributed by atoms with Crippen LogP contribution in [0.15, 0.2) is 91.0 Å². The first-order valence-electron chi connectivity index (χ1n) is 12.8. The molecule has 1 saturated heterocycles. The molecule has 1 fully saturated rings. The van der Waals surface area contributed by atoms with Crippen molar-refractivity contribution in [1.82, 2.24) is 0 Å². The summed E-state index contributed by atoms with van der Waals surface area (Å²) < 4.78 is 99.3. The van der Waals surface area contributed by atoms with Gasteiger partial charge in [0.25, 0.3) is 0 Å². The van der Waals surface area contributed by atoms with E-state index in [9.17, 15) is 21.6 Å². The number of rotatable bonds is 13. The average Bonchev–Trinajstić information content (AvgIpc) is 2.97. The van der Waals surface area contributed by atoms with Crippen molar-refractivity contribution in [3.05, 3.63) is 108 Å². The molecule has 0 aromatic heterocycles. The topological polar surface area (TPSA) is 89.5 Å². The minimum atomic E-state index is -6.06. The highest BCUT2D eigenvalue weighted by atomic mass is 32.2. The monoisotopic (exact) mass is 596 g/mol. The number of halogens is 3. The largest absolute Gasteiger partial charge is 0.523 e. The lowest BCUT2D eigenvalue weighted by atomic mass is 9.98. The van der Waals surface area contributed by atoms with Crippen molar-refractivity contribution in [2.24, 2.45) is 0 Å². The third-order valence-electron chi connectivity index (χ3n) is 6.31. The first-order valence-corrected chi connectivity index (χ1v) is 14.2. The van der Waals surface area contributed by atoms with Gasteiger partial charge in [0.1, 0.15) is 24.4 Å². The van der Waals surface area contributed by atoms with Crippen LogP contribution in [0, 0.1) is 0 Å². The second-order valence-corrected chi connectivity index (χ2v) is 10.8. The smallest absolute Gasteiger partial charge is 0.374 e. The van der Waals surface area contributed by atoms with Crippen LogP contribution in [0.1, 0.15) is 16.7 Å². The summed E-state index contributed by atoms with van der Waals surface area (Å²) >= 11 is 0. The Morgan fingerprint density at radius 2 is 1.17 bits per heavy atom. The van der Waals surface area contributed by atoms with E-state index in [1.807, 2.05) is 30.3 Å². The zero-order valence-corrected chi connectivity index (χ0v) is 23.0. The van der Waals surface area contributed by atoms with E-state index in [-0.39, 0.29) is 26.4 Å². The molecule has 0 spiro atoms. The van der Waals surface area contributed by atoms with Crippen LogP contribution >= 0.6 is 0 Å². The van der Waals surface area contributed by atoms with Crippen molar-refractivity contribution in [2.75, 3.05) is 13.7 Å². The van der Waals surface area contributed by atoms with Gasteiger partial charge < -0.3 is 23.7 Å². The molecule has 5 atom stereocenters. The molecule has 12 heteroatoms. The Morgan fingerprint density at radius 3 is 1.63 bits per heavy atom. The van der Waals surface area contributed by atoms with Gasteiger partial charge in [0.15, 0.2) is 6.29 Å². The fraction of sp³-hybridized carbons (Fsp3) is 0.379. The quantitative estimate of drug-likeness (QED) is 0.202. The van der Waals surface area contributed by atoms with E-state index in [1.54, 1.807) is 60.7 Å². The van der Waals surface area contributed by atoms with E-state index in [1.165, 1.54) is 7.11 Å². The van der Waals surface area contributed by atoms with Gasteiger partial charge in [-0.1, -0.05) is 91.0 Å². The zero-order chi connectivity index (χ0) is 29.3. The Morgan fingerprint density at radius 1 is 0.707 bits per heavy atom. The van der Waals surface area contributed by atoms with Crippen molar-refractivity contribution >= 4 is 10.1 Å². The van der Waals surface area contributed by atoms with Gasteiger partial charge in [-0.2, -0.15) is 21.6 Å². The van der Waals surface area contributed by atoms with Crippen LogP contribution in [0.25, 0.3) is 0 Å². The van der Waals surface area contributed by atoms with Gasteiger partial charge in [0.2, 0.25) is 0 Å². The zero-order valence-electron chi connectivity index (χ0n) is 22.2. The normalized spacial score (nSPS) is 23.4. The average molecular weight is 597 g/mol. The Kier molecular flexibility index (Phi) is 10.9. The van der Waals surface area contributed by atoms with Crippen LogP contribution in [-0.2, 0) is 57.8 Å². The molecule has 222 valence electrons. The lowest BCUT2D eigenvalue weighted by Crippen LogP contribution is -2.62. The van der Waals surface area contributed by atoms with E-state index < -0.39 is 46.3 Å². The summed E-state index contributed by atoms with van der Waals surface area (Å²) in [5.74, 6) is 0. The molecule has 1 aliphatic rings. The van der Waals surface area contributed by atoms with Crippen LogP contribution in [0.4, 0.5) is 13.2 Å².